The van der Waals surface area contributed by atoms with Gasteiger partial charge in [-0.15, -0.1) is 11.3 Å². The number of nitrogens with two attached hydrogens (primary N) is 1. The summed E-state index contributed by atoms with van der Waals surface area (Å²) in [5.41, 5.74) is 5.20. The lowest BCUT2D eigenvalue weighted by atomic mass is 9.72. The van der Waals surface area contributed by atoms with E-state index in [0.717, 1.165) is 14.9 Å². The first-order valence-corrected chi connectivity index (χ1v) is 11.2. The molecule has 2 atom stereocenters. The van der Waals surface area contributed by atoms with E-state index in [1.165, 1.54) is 4.90 Å². The Morgan fingerprint density at radius 2 is 2.03 bits per heavy atom. The van der Waals surface area contributed by atoms with Crippen LogP contribution in [0, 0.1) is 0 Å². The molecule has 1 aliphatic heterocycles. The highest BCUT2D eigenvalue weighted by atomic mass is 79.9. The number of rotatable bonds is 5. The summed E-state index contributed by atoms with van der Waals surface area (Å²) >= 11 is 5.08. The molecule has 8 heteroatoms. The summed E-state index contributed by atoms with van der Waals surface area (Å²) in [4.78, 5) is 21.1. The zero-order valence-electron chi connectivity index (χ0n) is 16.7. The molecule has 4 rings (SSSR count). The minimum atomic E-state index is -1.11. The molecule has 154 valence electrons. The maximum absolute atomic E-state index is 13.9. The summed E-state index contributed by atoms with van der Waals surface area (Å²) in [5.74, 6) is 0.0466. The van der Waals surface area contributed by atoms with Gasteiger partial charge in [0.05, 0.1) is 0 Å². The second kappa shape index (κ2) is 7.85. The van der Waals surface area contributed by atoms with E-state index in [2.05, 4.69) is 21.0 Å². The van der Waals surface area contributed by atoms with Gasteiger partial charge in [0.15, 0.2) is 11.5 Å². The lowest BCUT2D eigenvalue weighted by molar-refractivity contribution is -0.142. The van der Waals surface area contributed by atoms with Gasteiger partial charge in [-0.25, -0.2) is 4.99 Å². The number of hydrogen-bond acceptors (Lipinski definition) is 5. The van der Waals surface area contributed by atoms with E-state index in [1.807, 2.05) is 73.1 Å². The van der Waals surface area contributed by atoms with Crippen LogP contribution in [0.15, 0.2) is 75.8 Å². The molecule has 0 radical (unpaired) electrons. The number of carbonyl (C=O) groups excluding carboxylic acids is 1. The molecule has 0 aliphatic carbocycles. The van der Waals surface area contributed by atoms with Crippen molar-refractivity contribution in [2.24, 2.45) is 10.7 Å². The third-order valence-electron chi connectivity index (χ3n) is 5.61. The van der Waals surface area contributed by atoms with Crippen LogP contribution < -0.4 is 5.73 Å². The number of halogens is 1. The van der Waals surface area contributed by atoms with Crippen molar-refractivity contribution >= 4 is 45.2 Å². The van der Waals surface area contributed by atoms with Crippen LogP contribution in [0.1, 0.15) is 23.8 Å². The van der Waals surface area contributed by atoms with Crippen LogP contribution in [-0.2, 0) is 15.9 Å². The van der Waals surface area contributed by atoms with Crippen molar-refractivity contribution in [3.8, 4) is 0 Å². The van der Waals surface area contributed by atoms with Crippen LogP contribution >= 0.6 is 27.3 Å². The van der Waals surface area contributed by atoms with Gasteiger partial charge in [0.25, 0.3) is 5.91 Å². The molecule has 2 N–H and O–H groups in total. The Kier molecular flexibility index (Phi) is 5.38. The average Bonchev–Trinajstić information content (AvgIpc) is 3.42. The molecule has 1 amide bonds. The molecule has 0 bridgehead atoms. The maximum Gasteiger partial charge on any atom is 0.260 e. The third kappa shape index (κ3) is 3.20. The Morgan fingerprint density at radius 3 is 2.67 bits per heavy atom. The number of amides is 1. The van der Waals surface area contributed by atoms with Gasteiger partial charge >= 0.3 is 0 Å². The quantitative estimate of drug-likeness (QED) is 0.590. The largest absolute Gasteiger partial charge is 0.369 e. The Bertz CT molecular complexity index is 1110. The second-order valence-electron chi connectivity index (χ2n) is 7.36. The molecule has 30 heavy (non-hydrogen) atoms. The third-order valence-corrected chi connectivity index (χ3v) is 7.51. The number of aromatic nitrogens is 2. The van der Waals surface area contributed by atoms with E-state index in [-0.39, 0.29) is 11.9 Å². The van der Waals surface area contributed by atoms with Crippen molar-refractivity contribution in [3.63, 3.8) is 0 Å². The van der Waals surface area contributed by atoms with Gasteiger partial charge in [0.2, 0.25) is 0 Å². The summed E-state index contributed by atoms with van der Waals surface area (Å²) in [5, 5.41) is 6.48. The summed E-state index contributed by atoms with van der Waals surface area (Å²) < 4.78 is 2.67. The summed E-state index contributed by atoms with van der Waals surface area (Å²) in [6.07, 6.45) is 7.93. The zero-order valence-corrected chi connectivity index (χ0v) is 19.1. The van der Waals surface area contributed by atoms with E-state index in [0.29, 0.717) is 6.42 Å². The molecular weight excluding hydrogens is 462 g/mol. The van der Waals surface area contributed by atoms with Crippen LogP contribution in [0.5, 0.6) is 0 Å². The molecular formula is C22H22BrN5OS. The second-order valence-corrected chi connectivity index (χ2v) is 9.19. The zero-order chi connectivity index (χ0) is 21.4. The fourth-order valence-corrected chi connectivity index (χ4v) is 5.55. The van der Waals surface area contributed by atoms with Gasteiger partial charge in [-0.05, 0) is 40.5 Å². The Labute approximate surface area is 187 Å². The SMILES string of the molecule is CN1C(=O)[C@@](C/C=C/c2ccccc2)(n2cccn2)[C@@](C)(c2cc(Br)cs2)N=C1N. The number of carbonyl (C=O) groups is 1. The monoisotopic (exact) mass is 483 g/mol. The maximum atomic E-state index is 13.9. The summed E-state index contributed by atoms with van der Waals surface area (Å²) in [6, 6.07) is 13.8. The molecule has 6 nitrogen and oxygen atoms in total. The molecule has 2 aromatic heterocycles. The van der Waals surface area contributed by atoms with Gasteiger partial charge in [-0.2, -0.15) is 5.10 Å². The van der Waals surface area contributed by atoms with Crippen molar-refractivity contribution < 1.29 is 4.79 Å². The number of allylic oxidation sites excluding steroid dienone is 1. The Hall–Kier alpha value is -2.71. The van der Waals surface area contributed by atoms with Crippen LogP contribution in [0.4, 0.5) is 0 Å². The minimum Gasteiger partial charge on any atom is -0.369 e. The lowest BCUT2D eigenvalue weighted by Gasteiger charge is -2.49. The van der Waals surface area contributed by atoms with Crippen molar-refractivity contribution in [3.05, 3.63) is 81.2 Å². The smallest absolute Gasteiger partial charge is 0.260 e. The molecule has 1 aliphatic rings. The van der Waals surface area contributed by atoms with Crippen molar-refractivity contribution in [1.82, 2.24) is 14.7 Å². The van der Waals surface area contributed by atoms with Crippen molar-refractivity contribution in [2.75, 3.05) is 7.05 Å². The number of hydrogen-bond donors (Lipinski definition) is 1. The molecule has 0 fully saturated rings. The van der Waals surface area contributed by atoms with Crippen LogP contribution in [0.3, 0.4) is 0 Å². The van der Waals surface area contributed by atoms with Crippen LogP contribution in [0.25, 0.3) is 6.08 Å². The Balaban J connectivity index is 1.91. The van der Waals surface area contributed by atoms with E-state index in [9.17, 15) is 4.79 Å². The highest BCUT2D eigenvalue weighted by Crippen LogP contribution is 2.50. The number of benzene rings is 1. The van der Waals surface area contributed by atoms with Gasteiger partial charge < -0.3 is 5.73 Å². The number of likely N-dealkylation sites (N-methyl/N-ethyl adjacent to an activating group) is 1. The highest BCUT2D eigenvalue weighted by Gasteiger charge is 2.61. The molecule has 0 saturated heterocycles. The predicted octanol–water partition coefficient (Wildman–Crippen LogP) is 4.21. The van der Waals surface area contributed by atoms with E-state index in [1.54, 1.807) is 29.3 Å². The molecule has 3 aromatic rings. The van der Waals surface area contributed by atoms with Crippen LogP contribution in [0.2, 0.25) is 0 Å². The van der Waals surface area contributed by atoms with Crippen molar-refractivity contribution in [2.45, 2.75) is 24.4 Å². The summed E-state index contributed by atoms with van der Waals surface area (Å²) in [7, 11) is 1.66. The molecule has 0 spiro atoms. The van der Waals surface area contributed by atoms with E-state index in [4.69, 9.17) is 10.7 Å². The topological polar surface area (TPSA) is 76.5 Å². The number of thiophene rings is 1. The molecule has 0 saturated carbocycles. The number of nitrogens with zero attached hydrogens (tertiary/aromatic N) is 4. The highest BCUT2D eigenvalue weighted by molar-refractivity contribution is 9.10. The Morgan fingerprint density at radius 1 is 1.27 bits per heavy atom. The fourth-order valence-electron chi connectivity index (χ4n) is 3.94. The lowest BCUT2D eigenvalue weighted by Crippen LogP contribution is -2.65. The fraction of sp³-hybridized carbons (Fsp3) is 0.227. The van der Waals surface area contributed by atoms with Gasteiger partial charge in [-0.3, -0.25) is 14.4 Å². The number of guanidine groups is 1. The van der Waals surface area contributed by atoms with E-state index >= 15 is 0 Å². The first kappa shape index (κ1) is 20.6. The average molecular weight is 484 g/mol. The number of aliphatic imine (C=N–C) groups is 1. The molecule has 1 aromatic carbocycles. The first-order chi connectivity index (χ1) is 14.4. The molecule has 3 heterocycles. The van der Waals surface area contributed by atoms with Gasteiger partial charge in [0, 0.05) is 40.6 Å². The van der Waals surface area contributed by atoms with Gasteiger partial charge in [0.1, 0.15) is 5.54 Å². The molecule has 0 unspecified atom stereocenters. The normalized spacial score (nSPS) is 24.4. The van der Waals surface area contributed by atoms with Crippen molar-refractivity contribution in [1.29, 1.82) is 0 Å². The van der Waals surface area contributed by atoms with Gasteiger partial charge in [-0.1, -0.05) is 42.5 Å². The standard InChI is InChI=1S/C22H22BrN5OS/c1-21(18-14-17(23)15-30-18)22(28-13-7-12-25-28,19(29)27(2)20(24)26-21)11-6-10-16-8-4-3-5-9-16/h3-10,12-15H,11H2,1-2H3,(H2,24,26)/b10-6+/t21-,22-/m1/s1. The van der Waals surface area contributed by atoms with Crippen LogP contribution in [-0.4, -0.2) is 33.6 Å². The first-order valence-electron chi connectivity index (χ1n) is 9.48. The predicted molar refractivity (Wildman–Crippen MR) is 124 cm³/mol. The van der Waals surface area contributed by atoms with E-state index < -0.39 is 11.1 Å². The summed E-state index contributed by atoms with van der Waals surface area (Å²) in [6.45, 7) is 1.96. The minimum absolute atomic E-state index is 0.150.